The molecule has 0 amide bonds. The van der Waals surface area contributed by atoms with E-state index in [2.05, 4.69) is 10.3 Å². The van der Waals surface area contributed by atoms with Gasteiger partial charge in [0.15, 0.2) is 10.9 Å². The van der Waals surface area contributed by atoms with E-state index < -0.39 is 6.10 Å². The lowest BCUT2D eigenvalue weighted by molar-refractivity contribution is 0.104. The average molecular weight is 245 g/mol. The molecule has 1 unspecified atom stereocenters. The van der Waals surface area contributed by atoms with Crippen molar-refractivity contribution in [1.29, 1.82) is 0 Å². The summed E-state index contributed by atoms with van der Waals surface area (Å²) in [5, 5.41) is 13.0. The lowest BCUT2D eigenvalue weighted by Crippen LogP contribution is -2.35. The Bertz CT molecular complexity index is 321. The first-order valence-corrected chi connectivity index (χ1v) is 5.62. The minimum absolute atomic E-state index is 0.200. The molecule has 0 aliphatic heterocycles. The second-order valence-electron chi connectivity index (χ2n) is 3.82. The maximum atomic E-state index is 9.60. The Morgan fingerprint density at radius 2 is 2.31 bits per heavy atom. The molecule has 0 aromatic carbocycles. The fraction of sp³-hybridized carbons (Fsp3) is 0.545. The van der Waals surface area contributed by atoms with Crippen molar-refractivity contribution in [2.45, 2.75) is 26.0 Å². The van der Waals surface area contributed by atoms with Gasteiger partial charge >= 0.3 is 0 Å². The Labute approximate surface area is 101 Å². The summed E-state index contributed by atoms with van der Waals surface area (Å²) in [4.78, 5) is 3.87. The Kier molecular flexibility index (Phi) is 5.52. The van der Waals surface area contributed by atoms with Crippen molar-refractivity contribution >= 4 is 11.6 Å². The molecule has 0 aliphatic carbocycles. The summed E-state index contributed by atoms with van der Waals surface area (Å²) in [6.45, 7) is 4.73. The molecule has 5 heteroatoms. The van der Waals surface area contributed by atoms with Crippen molar-refractivity contribution in [3.8, 4) is 5.75 Å². The summed E-state index contributed by atoms with van der Waals surface area (Å²) in [6, 6.07) is 3.80. The largest absolute Gasteiger partial charge is 0.488 e. The highest BCUT2D eigenvalue weighted by atomic mass is 35.5. The van der Waals surface area contributed by atoms with Crippen LogP contribution in [0.1, 0.15) is 13.8 Å². The Hall–Kier alpha value is -0.840. The van der Waals surface area contributed by atoms with E-state index >= 15 is 0 Å². The fourth-order valence-electron chi connectivity index (χ4n) is 1.10. The molecule has 4 nitrogen and oxygen atoms in total. The number of pyridine rings is 1. The van der Waals surface area contributed by atoms with Gasteiger partial charge in [0.2, 0.25) is 0 Å². The van der Waals surface area contributed by atoms with E-state index in [0.29, 0.717) is 23.5 Å². The number of aliphatic hydroxyl groups is 1. The van der Waals surface area contributed by atoms with E-state index in [0.717, 1.165) is 0 Å². The number of hydrogen-bond acceptors (Lipinski definition) is 4. The van der Waals surface area contributed by atoms with Crippen LogP contribution in [0.5, 0.6) is 5.75 Å². The van der Waals surface area contributed by atoms with Gasteiger partial charge in [-0.25, -0.2) is 4.98 Å². The lowest BCUT2D eigenvalue weighted by Gasteiger charge is -2.15. The second-order valence-corrected chi connectivity index (χ2v) is 4.18. The summed E-state index contributed by atoms with van der Waals surface area (Å²) in [5.74, 6) is 0.493. The first kappa shape index (κ1) is 13.2. The Balaban J connectivity index is 2.31. The molecule has 16 heavy (non-hydrogen) atoms. The zero-order valence-electron chi connectivity index (χ0n) is 9.48. The van der Waals surface area contributed by atoms with Crippen LogP contribution in [0, 0.1) is 0 Å². The molecule has 2 N–H and O–H groups in total. The molecule has 0 spiro atoms. The Morgan fingerprint density at radius 1 is 1.56 bits per heavy atom. The minimum Gasteiger partial charge on any atom is -0.488 e. The van der Waals surface area contributed by atoms with Crippen molar-refractivity contribution in [3.63, 3.8) is 0 Å². The van der Waals surface area contributed by atoms with E-state index in [-0.39, 0.29) is 6.61 Å². The van der Waals surface area contributed by atoms with Gasteiger partial charge in [0.05, 0.1) is 0 Å². The quantitative estimate of drug-likeness (QED) is 0.745. The first-order chi connectivity index (χ1) is 7.59. The number of halogens is 1. The minimum atomic E-state index is -0.557. The number of aromatic nitrogens is 1. The molecule has 1 heterocycles. The predicted molar refractivity (Wildman–Crippen MR) is 63.9 cm³/mol. The molecule has 1 aromatic rings. The van der Waals surface area contributed by atoms with Crippen LogP contribution in [0.3, 0.4) is 0 Å². The van der Waals surface area contributed by atoms with Crippen LogP contribution in [0.15, 0.2) is 18.3 Å². The summed E-state index contributed by atoms with van der Waals surface area (Å²) < 4.78 is 5.35. The summed E-state index contributed by atoms with van der Waals surface area (Å²) in [7, 11) is 0. The maximum Gasteiger partial charge on any atom is 0.171 e. The topological polar surface area (TPSA) is 54.4 Å². The normalized spacial score (nSPS) is 12.8. The summed E-state index contributed by atoms with van der Waals surface area (Å²) >= 11 is 5.80. The van der Waals surface area contributed by atoms with Crippen molar-refractivity contribution in [2.24, 2.45) is 0 Å². The molecular weight excluding hydrogens is 228 g/mol. The van der Waals surface area contributed by atoms with Gasteiger partial charge in [-0.15, -0.1) is 0 Å². The number of aliphatic hydroxyl groups excluding tert-OH is 1. The third-order valence-corrected chi connectivity index (χ3v) is 2.20. The third kappa shape index (κ3) is 4.79. The van der Waals surface area contributed by atoms with Crippen LogP contribution in [0.25, 0.3) is 0 Å². The van der Waals surface area contributed by atoms with Gasteiger partial charge in [0.25, 0.3) is 0 Å². The van der Waals surface area contributed by atoms with Gasteiger partial charge in [-0.2, -0.15) is 0 Å². The first-order valence-electron chi connectivity index (χ1n) is 5.24. The van der Waals surface area contributed by atoms with Crippen LogP contribution >= 0.6 is 11.6 Å². The Morgan fingerprint density at radius 3 is 2.94 bits per heavy atom. The van der Waals surface area contributed by atoms with Gasteiger partial charge in [0.1, 0.15) is 12.7 Å². The molecule has 0 bridgehead atoms. The van der Waals surface area contributed by atoms with Crippen molar-refractivity contribution in [2.75, 3.05) is 13.2 Å². The summed E-state index contributed by atoms with van der Waals surface area (Å²) in [6.07, 6.45) is 1.03. The molecular formula is C11H17ClN2O2. The predicted octanol–water partition coefficient (Wildman–Crippen LogP) is 1.47. The van der Waals surface area contributed by atoms with Gasteiger partial charge in [-0.05, 0) is 12.1 Å². The van der Waals surface area contributed by atoms with Crippen molar-refractivity contribution < 1.29 is 9.84 Å². The highest BCUT2D eigenvalue weighted by Gasteiger charge is 2.07. The smallest absolute Gasteiger partial charge is 0.171 e. The monoisotopic (exact) mass is 244 g/mol. The van der Waals surface area contributed by atoms with Crippen LogP contribution in [-0.2, 0) is 0 Å². The molecule has 0 saturated heterocycles. The molecule has 0 saturated carbocycles. The molecule has 1 atom stereocenters. The number of ether oxygens (including phenoxy) is 1. The fourth-order valence-corrected chi connectivity index (χ4v) is 1.27. The summed E-state index contributed by atoms with van der Waals surface area (Å²) in [5.41, 5.74) is 0. The maximum absolute atomic E-state index is 9.60. The number of hydrogen-bond donors (Lipinski definition) is 2. The zero-order chi connectivity index (χ0) is 12.0. The van der Waals surface area contributed by atoms with Gasteiger partial charge < -0.3 is 15.2 Å². The van der Waals surface area contributed by atoms with E-state index in [4.69, 9.17) is 16.3 Å². The van der Waals surface area contributed by atoms with Crippen molar-refractivity contribution in [3.05, 3.63) is 23.5 Å². The van der Waals surface area contributed by atoms with Crippen LogP contribution in [0.4, 0.5) is 0 Å². The van der Waals surface area contributed by atoms with E-state index in [1.54, 1.807) is 18.3 Å². The van der Waals surface area contributed by atoms with Gasteiger partial charge in [0, 0.05) is 18.8 Å². The van der Waals surface area contributed by atoms with Crippen LogP contribution in [-0.4, -0.2) is 35.4 Å². The molecule has 1 rings (SSSR count). The molecule has 0 aliphatic rings. The van der Waals surface area contributed by atoms with Gasteiger partial charge in [-0.3, -0.25) is 0 Å². The van der Waals surface area contributed by atoms with Crippen LogP contribution in [0.2, 0.25) is 5.15 Å². The SMILES string of the molecule is CC(C)NCC(O)COc1cccnc1Cl. The van der Waals surface area contributed by atoms with Gasteiger partial charge in [-0.1, -0.05) is 25.4 Å². The van der Waals surface area contributed by atoms with E-state index in [1.165, 1.54) is 0 Å². The number of nitrogens with zero attached hydrogens (tertiary/aromatic N) is 1. The second kappa shape index (κ2) is 6.68. The van der Waals surface area contributed by atoms with E-state index in [9.17, 15) is 5.11 Å². The standard InChI is InChI=1S/C11H17ClN2O2/c1-8(2)14-6-9(15)7-16-10-4-3-5-13-11(10)12/h3-5,8-9,14-15H,6-7H2,1-2H3. The van der Waals surface area contributed by atoms with Crippen LogP contribution < -0.4 is 10.1 Å². The van der Waals surface area contributed by atoms with E-state index in [1.807, 2.05) is 13.8 Å². The van der Waals surface area contributed by atoms with Crippen molar-refractivity contribution in [1.82, 2.24) is 10.3 Å². The average Bonchev–Trinajstić information content (AvgIpc) is 2.25. The highest BCUT2D eigenvalue weighted by Crippen LogP contribution is 2.20. The third-order valence-electron chi connectivity index (χ3n) is 1.92. The highest BCUT2D eigenvalue weighted by molar-refractivity contribution is 6.30. The molecule has 0 fully saturated rings. The lowest BCUT2D eigenvalue weighted by atomic mass is 10.3. The molecule has 90 valence electrons. The number of nitrogens with one attached hydrogen (secondary N) is 1. The molecule has 0 radical (unpaired) electrons. The number of rotatable bonds is 6. The zero-order valence-corrected chi connectivity index (χ0v) is 10.2. The molecule has 1 aromatic heterocycles.